The Morgan fingerprint density at radius 1 is 1.00 bits per heavy atom. The van der Waals surface area contributed by atoms with E-state index in [4.69, 9.17) is 14.2 Å². The largest absolute Gasteiger partial charge is 0.497 e. The molecule has 0 N–H and O–H groups in total. The number of ether oxygens (including phenoxy) is 3. The molecule has 2 aromatic carbocycles. The second-order valence-electron chi connectivity index (χ2n) is 5.09. The first-order valence-electron chi connectivity index (χ1n) is 7.55. The molecule has 4 nitrogen and oxygen atoms in total. The van der Waals surface area contributed by atoms with Crippen LogP contribution in [0.1, 0.15) is 15.9 Å². The molecule has 0 radical (unpaired) electrons. The Kier molecular flexibility index (Phi) is 7.03. The number of carbonyl (C=O) groups is 1. The van der Waals surface area contributed by atoms with E-state index in [0.717, 1.165) is 5.56 Å². The van der Waals surface area contributed by atoms with E-state index in [-0.39, 0.29) is 16.4 Å². The first-order chi connectivity index (χ1) is 12.5. The fourth-order valence-electron chi connectivity index (χ4n) is 2.21. The molecule has 2 rings (SSSR count). The Balaban J connectivity index is 2.23. The van der Waals surface area contributed by atoms with Gasteiger partial charge in [-0.1, -0.05) is 17.8 Å². The zero-order chi connectivity index (χ0) is 19.1. The summed E-state index contributed by atoms with van der Waals surface area (Å²) in [5.41, 5.74) is 1.07. The summed E-state index contributed by atoms with van der Waals surface area (Å²) in [6.07, 6.45) is 3.02. The number of thioether (sulfide) groups is 1. The van der Waals surface area contributed by atoms with Crippen LogP contribution in [-0.4, -0.2) is 32.9 Å². The van der Waals surface area contributed by atoms with E-state index in [1.165, 1.54) is 31.4 Å². The number of carbonyl (C=O) groups excluding carboxylic acids is 1. The Bertz CT molecular complexity index is 784. The van der Waals surface area contributed by atoms with Gasteiger partial charge in [-0.05, 0) is 42.0 Å². The summed E-state index contributed by atoms with van der Waals surface area (Å²) in [5.74, 6) is -1.40. The van der Waals surface area contributed by atoms with Crippen molar-refractivity contribution in [1.29, 1.82) is 0 Å². The quantitative estimate of drug-likeness (QED) is 0.369. The zero-order valence-electron chi connectivity index (χ0n) is 14.5. The first kappa shape index (κ1) is 19.8. The topological polar surface area (TPSA) is 44.8 Å². The van der Waals surface area contributed by atoms with Crippen molar-refractivity contribution in [3.63, 3.8) is 0 Å². The predicted molar refractivity (Wildman–Crippen MR) is 97.8 cm³/mol. The highest BCUT2D eigenvalue weighted by molar-refractivity contribution is 7.99. The third-order valence-electron chi connectivity index (χ3n) is 3.47. The summed E-state index contributed by atoms with van der Waals surface area (Å²) in [6, 6.07) is 9.63. The predicted octanol–water partition coefficient (Wildman–Crippen LogP) is 4.92. The molecule has 0 atom stereocenters. The number of ketones is 1. The second-order valence-corrected chi connectivity index (χ2v) is 6.12. The van der Waals surface area contributed by atoms with Gasteiger partial charge in [0.25, 0.3) is 5.76 Å². The summed E-state index contributed by atoms with van der Waals surface area (Å²) >= 11 is 0.373. The fourth-order valence-corrected chi connectivity index (χ4v) is 2.80. The van der Waals surface area contributed by atoms with Crippen LogP contribution in [0.25, 0.3) is 6.08 Å². The van der Waals surface area contributed by atoms with Crippen molar-refractivity contribution >= 4 is 23.6 Å². The summed E-state index contributed by atoms with van der Waals surface area (Å²) in [7, 11) is 4.45. The molecule has 0 aliphatic carbocycles. The van der Waals surface area contributed by atoms with Gasteiger partial charge < -0.3 is 14.2 Å². The van der Waals surface area contributed by atoms with Crippen LogP contribution in [0.15, 0.2) is 47.4 Å². The van der Waals surface area contributed by atoms with Crippen LogP contribution in [0.2, 0.25) is 0 Å². The van der Waals surface area contributed by atoms with Crippen LogP contribution >= 0.6 is 11.8 Å². The van der Waals surface area contributed by atoms with Gasteiger partial charge in [0.05, 0.1) is 26.2 Å². The second kappa shape index (κ2) is 9.24. The lowest BCUT2D eigenvalue weighted by atomic mass is 10.1. The lowest BCUT2D eigenvalue weighted by Crippen LogP contribution is -1.97. The molecule has 7 heteroatoms. The maximum atomic E-state index is 12.5. The van der Waals surface area contributed by atoms with Gasteiger partial charge in [-0.25, -0.2) is 0 Å². The highest BCUT2D eigenvalue weighted by atomic mass is 32.2. The standard InChI is InChI=1S/C19H18F2O4S/c1-23-14-8-12(9-15(11-14)24-2)4-6-16(22)13-5-7-18(26-19(20)21)17(10-13)25-3/h4-11,19H,1-3H3. The Morgan fingerprint density at radius 2 is 1.65 bits per heavy atom. The fraction of sp³-hybridized carbons (Fsp3) is 0.211. The summed E-state index contributed by atoms with van der Waals surface area (Å²) < 4.78 is 40.5. The normalized spacial score (nSPS) is 11.0. The molecule has 0 heterocycles. The van der Waals surface area contributed by atoms with E-state index in [1.54, 1.807) is 38.5 Å². The average Bonchev–Trinajstić information content (AvgIpc) is 2.65. The molecule has 0 saturated carbocycles. The van der Waals surface area contributed by atoms with Crippen LogP contribution in [-0.2, 0) is 0 Å². The van der Waals surface area contributed by atoms with Gasteiger partial charge in [-0.2, -0.15) is 8.78 Å². The number of rotatable bonds is 8. The maximum Gasteiger partial charge on any atom is 0.289 e. The molecule has 0 aliphatic heterocycles. The molecule has 138 valence electrons. The van der Waals surface area contributed by atoms with Gasteiger partial charge in [-0.15, -0.1) is 0 Å². The molecule has 0 amide bonds. The van der Waals surface area contributed by atoms with Crippen molar-refractivity contribution in [3.8, 4) is 17.2 Å². The highest BCUT2D eigenvalue weighted by Crippen LogP contribution is 2.34. The minimum absolute atomic E-state index is 0.234. The van der Waals surface area contributed by atoms with Crippen LogP contribution in [0.5, 0.6) is 17.2 Å². The Hall–Kier alpha value is -2.54. The molecule has 0 spiro atoms. The molecule has 0 fully saturated rings. The Labute approximate surface area is 154 Å². The molecule has 0 aromatic heterocycles. The van der Waals surface area contributed by atoms with E-state index in [1.807, 2.05) is 0 Å². The van der Waals surface area contributed by atoms with Crippen LogP contribution in [0.4, 0.5) is 8.78 Å². The van der Waals surface area contributed by atoms with Crippen molar-refractivity contribution < 1.29 is 27.8 Å². The third-order valence-corrected chi connectivity index (χ3v) is 4.23. The number of hydrogen-bond acceptors (Lipinski definition) is 5. The number of allylic oxidation sites excluding steroid dienone is 1. The van der Waals surface area contributed by atoms with Crippen LogP contribution in [0, 0.1) is 0 Å². The summed E-state index contributed by atoms with van der Waals surface area (Å²) in [4.78, 5) is 12.6. The number of halogens is 2. The monoisotopic (exact) mass is 380 g/mol. The lowest BCUT2D eigenvalue weighted by molar-refractivity contribution is 0.104. The smallest absolute Gasteiger partial charge is 0.289 e. The molecule has 0 bridgehead atoms. The van der Waals surface area contributed by atoms with Gasteiger partial charge in [-0.3, -0.25) is 4.79 Å². The Morgan fingerprint density at radius 3 is 2.19 bits per heavy atom. The molecule has 26 heavy (non-hydrogen) atoms. The molecule has 2 aromatic rings. The molecule has 0 saturated heterocycles. The van der Waals surface area contributed by atoms with E-state index >= 15 is 0 Å². The summed E-state index contributed by atoms with van der Waals surface area (Å²) in [6.45, 7) is 0. The van der Waals surface area contributed by atoms with E-state index in [0.29, 0.717) is 28.8 Å². The van der Waals surface area contributed by atoms with E-state index in [2.05, 4.69) is 0 Å². The van der Waals surface area contributed by atoms with Crippen molar-refractivity contribution in [1.82, 2.24) is 0 Å². The number of benzene rings is 2. The third kappa shape index (κ3) is 5.23. The lowest BCUT2D eigenvalue weighted by Gasteiger charge is -2.09. The van der Waals surface area contributed by atoms with Crippen molar-refractivity contribution in [2.75, 3.05) is 21.3 Å². The average molecular weight is 380 g/mol. The zero-order valence-corrected chi connectivity index (χ0v) is 15.3. The maximum absolute atomic E-state index is 12.5. The van der Waals surface area contributed by atoms with E-state index in [9.17, 15) is 13.6 Å². The van der Waals surface area contributed by atoms with Crippen LogP contribution < -0.4 is 14.2 Å². The van der Waals surface area contributed by atoms with Gasteiger partial charge in [0, 0.05) is 11.6 Å². The van der Waals surface area contributed by atoms with Gasteiger partial charge in [0.15, 0.2) is 5.78 Å². The van der Waals surface area contributed by atoms with Crippen molar-refractivity contribution in [3.05, 3.63) is 53.6 Å². The molecule has 0 aliphatic rings. The molecule has 0 unspecified atom stereocenters. The van der Waals surface area contributed by atoms with Gasteiger partial charge in [0.1, 0.15) is 17.2 Å². The highest BCUT2D eigenvalue weighted by Gasteiger charge is 2.13. The number of methoxy groups -OCH3 is 3. The first-order valence-corrected chi connectivity index (χ1v) is 8.43. The SMILES string of the molecule is COc1cc(C=CC(=O)c2ccc(SC(F)F)c(OC)c2)cc(OC)c1. The summed E-state index contributed by atoms with van der Waals surface area (Å²) in [5, 5.41) is 0. The molecular weight excluding hydrogens is 362 g/mol. The van der Waals surface area contributed by atoms with E-state index < -0.39 is 5.76 Å². The number of alkyl halides is 2. The van der Waals surface area contributed by atoms with Gasteiger partial charge in [0.2, 0.25) is 0 Å². The minimum Gasteiger partial charge on any atom is -0.497 e. The number of hydrogen-bond donors (Lipinski definition) is 0. The van der Waals surface area contributed by atoms with Gasteiger partial charge >= 0.3 is 0 Å². The molecular formula is C19H18F2O4S. The minimum atomic E-state index is -2.56. The van der Waals surface area contributed by atoms with Crippen molar-refractivity contribution in [2.45, 2.75) is 10.7 Å². The van der Waals surface area contributed by atoms with Crippen molar-refractivity contribution in [2.24, 2.45) is 0 Å². The van der Waals surface area contributed by atoms with Crippen LogP contribution in [0.3, 0.4) is 0 Å².